The van der Waals surface area contributed by atoms with Crippen molar-refractivity contribution in [1.29, 1.82) is 0 Å². The van der Waals surface area contributed by atoms with Gasteiger partial charge < -0.3 is 62.9 Å². The molecule has 0 radical (unpaired) electrons. The monoisotopic (exact) mass is 1150 g/mol. The van der Waals surface area contributed by atoms with Crippen molar-refractivity contribution in [2.45, 2.75) is 79.6 Å². The number of fused-ring (bicyclic) bond motifs is 8. The highest BCUT2D eigenvalue weighted by Gasteiger charge is 2.58. The molecule has 1 spiro atoms. The van der Waals surface area contributed by atoms with Crippen LogP contribution in [0.3, 0.4) is 0 Å². The molecule has 6 aliphatic heterocycles. The van der Waals surface area contributed by atoms with E-state index < -0.39 is 25.7 Å². The zero-order valence-electron chi connectivity index (χ0n) is 45.6. The van der Waals surface area contributed by atoms with E-state index in [0.717, 1.165) is 105 Å². The number of hydrogen-bond donors (Lipinski definition) is 3. The van der Waals surface area contributed by atoms with Gasteiger partial charge in [0.25, 0.3) is 10.1 Å². The molecule has 0 fully saturated rings. The molecule has 6 aliphatic rings. The summed E-state index contributed by atoms with van der Waals surface area (Å²) in [5.41, 5.74) is 8.15. The van der Waals surface area contributed by atoms with Gasteiger partial charge >= 0.3 is 0 Å². The zero-order valence-corrected chi connectivity index (χ0v) is 47.2. The number of aryl methyl sites for hydroxylation is 2. The maximum Gasteiger partial charge on any atom is 0.298 e. The number of anilines is 2. The summed E-state index contributed by atoms with van der Waals surface area (Å²) >= 11 is 0. The van der Waals surface area contributed by atoms with Gasteiger partial charge in [-0.05, 0) is 111 Å². The van der Waals surface area contributed by atoms with Crippen molar-refractivity contribution in [3.8, 4) is 17.2 Å². The zero-order chi connectivity index (χ0) is 55.4. The van der Waals surface area contributed by atoms with Gasteiger partial charge in [-0.25, -0.2) is 17.3 Å². The average molecular weight is 1150 g/mol. The number of phenols is 1. The van der Waals surface area contributed by atoms with Gasteiger partial charge in [0, 0.05) is 84.9 Å². The Morgan fingerprint density at radius 2 is 1.04 bits per heavy atom. The number of ether oxygens (including phenoxy) is 9. The second kappa shape index (κ2) is 27.4. The second-order valence-corrected chi connectivity index (χ2v) is 23.9. The first-order valence-corrected chi connectivity index (χ1v) is 31.3. The third-order valence-electron chi connectivity index (χ3n) is 15.3. The summed E-state index contributed by atoms with van der Waals surface area (Å²) in [6.07, 6.45) is 8.22. The largest absolute Gasteiger partial charge is 0.508 e. The molecule has 20 nitrogen and oxygen atoms in total. The number of aromatic hydroxyl groups is 1. The highest BCUT2D eigenvalue weighted by Crippen LogP contribution is 2.63. The fraction of sp³-hybridized carbons (Fsp3) is 0.569. The Balaban J connectivity index is 0.583. The van der Waals surface area contributed by atoms with E-state index in [-0.39, 0.29) is 54.2 Å². The minimum Gasteiger partial charge on any atom is -0.508 e. The smallest absolute Gasteiger partial charge is 0.298 e. The number of benzene rings is 4. The number of carbonyl (C=O) groups excluding carboxylic acids is 1. The summed E-state index contributed by atoms with van der Waals surface area (Å²) in [5, 5.41) is 12.2. The van der Waals surface area contributed by atoms with Crippen LogP contribution in [0, 0.1) is 0 Å². The van der Waals surface area contributed by atoms with E-state index >= 15 is 0 Å². The Morgan fingerprint density at radius 1 is 0.575 bits per heavy atom. The van der Waals surface area contributed by atoms with Crippen LogP contribution in [0.1, 0.15) is 76.6 Å². The molecule has 10 rings (SSSR count). The molecule has 0 saturated heterocycles. The number of amides is 1. The number of hydrogen-bond acceptors (Lipinski definition) is 18. The van der Waals surface area contributed by atoms with Crippen LogP contribution in [0.25, 0.3) is 0 Å². The quantitative estimate of drug-likeness (QED) is 0.0429. The van der Waals surface area contributed by atoms with E-state index in [0.29, 0.717) is 127 Å². The van der Waals surface area contributed by atoms with Gasteiger partial charge in [0.15, 0.2) is 5.60 Å². The molecule has 0 saturated carbocycles. The van der Waals surface area contributed by atoms with Crippen molar-refractivity contribution in [3.05, 3.63) is 99.1 Å². The fourth-order valence-electron chi connectivity index (χ4n) is 11.7. The predicted octanol–water partition coefficient (Wildman–Crippen LogP) is 5.07. The van der Waals surface area contributed by atoms with Gasteiger partial charge in [-0.1, -0.05) is 18.2 Å². The first-order chi connectivity index (χ1) is 39.0. The number of nitrogens with one attached hydrogen (secondary N) is 2. The van der Waals surface area contributed by atoms with Crippen molar-refractivity contribution in [1.82, 2.24) is 10.0 Å². The molecule has 6 heterocycles. The van der Waals surface area contributed by atoms with Crippen molar-refractivity contribution in [2.24, 2.45) is 0 Å². The summed E-state index contributed by atoms with van der Waals surface area (Å²) in [6.45, 7) is 10.2. The van der Waals surface area contributed by atoms with Crippen LogP contribution in [0.5, 0.6) is 17.2 Å². The van der Waals surface area contributed by atoms with E-state index in [1.54, 1.807) is 18.2 Å². The lowest BCUT2D eigenvalue weighted by Gasteiger charge is -2.45. The maximum atomic E-state index is 14.5. The Bertz CT molecular complexity index is 2910. The Kier molecular flexibility index (Phi) is 20.0. The average Bonchev–Trinajstić information content (AvgIpc) is 1.85. The lowest BCUT2D eigenvalue weighted by molar-refractivity contribution is -0.122. The molecule has 4 aromatic carbocycles. The van der Waals surface area contributed by atoms with E-state index in [2.05, 4.69) is 32.0 Å². The molecule has 22 heteroatoms. The highest BCUT2D eigenvalue weighted by molar-refractivity contribution is 7.89. The summed E-state index contributed by atoms with van der Waals surface area (Å²) in [4.78, 5) is 16.5. The van der Waals surface area contributed by atoms with Crippen molar-refractivity contribution >= 4 is 37.4 Å². The van der Waals surface area contributed by atoms with Crippen molar-refractivity contribution < 1.29 is 73.6 Å². The molecular formula is C58H76N4O16S2. The number of phenolic OH excluding ortho intramolecular Hbond substituents is 1. The summed E-state index contributed by atoms with van der Waals surface area (Å²) < 4.78 is 117. The van der Waals surface area contributed by atoms with Gasteiger partial charge in [0.1, 0.15) is 22.1 Å². The fourth-order valence-corrected chi connectivity index (χ4v) is 14.3. The molecule has 0 bridgehead atoms. The lowest BCUT2D eigenvalue weighted by atomic mass is 9.73. The van der Waals surface area contributed by atoms with Gasteiger partial charge in [-0.2, -0.15) is 8.42 Å². The standard InChI is InChI=1S/C58H76N4O16S2/c63-45-11-9-42(10-12-45)15-17-59-53(64)16-23-69-25-27-71-29-31-73-33-35-75-37-38-76-36-34-74-32-30-72-28-26-70-24-18-60-79(65,66)46-13-14-49-52(41-46)80(67,68)78-58(49)50-39-43-5-1-19-61-21-3-7-47(54(43)61)56(50)77-57-48-8-4-22-62-20-2-6-44(55(48)62)40-51(57)58/h9-14,39-41,60,63H,1-8,15-38H2,(H,59,64). The molecule has 4 aromatic rings. The van der Waals surface area contributed by atoms with Gasteiger partial charge in [0.2, 0.25) is 15.9 Å². The van der Waals surface area contributed by atoms with Crippen LogP contribution in [0.2, 0.25) is 0 Å². The number of rotatable bonds is 32. The normalized spacial score (nSPS) is 17.1. The second-order valence-electron chi connectivity index (χ2n) is 20.7. The minimum absolute atomic E-state index is 0.0339. The SMILES string of the molecule is O=C(CCOCCOCCOCCOCCOCCOCCOCCOCCNS(=O)(=O)c1ccc2c(c1)S(=O)(=O)OC21c2cc3c4c(c2Oc2c1cc1c5c2CCCN5CCC1)CCCN4CCC3)NCCc1ccc(O)cc1. The molecule has 436 valence electrons. The summed E-state index contributed by atoms with van der Waals surface area (Å²) in [5.74, 6) is 1.49. The van der Waals surface area contributed by atoms with Crippen LogP contribution >= 0.6 is 0 Å². The van der Waals surface area contributed by atoms with Gasteiger partial charge in [0.05, 0.1) is 111 Å². The Morgan fingerprint density at radius 3 is 1.54 bits per heavy atom. The highest BCUT2D eigenvalue weighted by atomic mass is 32.2. The van der Waals surface area contributed by atoms with Gasteiger partial charge in [-0.3, -0.25) is 4.79 Å². The predicted molar refractivity (Wildman–Crippen MR) is 296 cm³/mol. The molecule has 1 amide bonds. The number of nitrogens with zero attached hydrogens (tertiary/aromatic N) is 2. The summed E-state index contributed by atoms with van der Waals surface area (Å²) in [6, 6.07) is 15.5. The minimum atomic E-state index is -4.47. The van der Waals surface area contributed by atoms with Crippen molar-refractivity contribution in [2.75, 3.05) is 155 Å². The summed E-state index contributed by atoms with van der Waals surface area (Å²) in [7, 11) is -8.61. The first-order valence-electron chi connectivity index (χ1n) is 28.4. The third-order valence-corrected chi connectivity index (χ3v) is 18.1. The van der Waals surface area contributed by atoms with Crippen molar-refractivity contribution in [3.63, 3.8) is 0 Å². The molecule has 0 aliphatic carbocycles. The number of sulfonamides is 1. The van der Waals surface area contributed by atoms with E-state index in [4.69, 9.17) is 46.8 Å². The van der Waals surface area contributed by atoms with E-state index in [1.807, 2.05) is 12.1 Å². The van der Waals surface area contributed by atoms with Crippen LogP contribution in [-0.2, 0) is 105 Å². The van der Waals surface area contributed by atoms with E-state index in [1.165, 1.54) is 23.5 Å². The van der Waals surface area contributed by atoms with Crippen LogP contribution < -0.4 is 24.6 Å². The molecule has 0 aromatic heterocycles. The van der Waals surface area contributed by atoms with Crippen LogP contribution in [0.4, 0.5) is 11.4 Å². The topological polar surface area (TPSA) is 228 Å². The van der Waals surface area contributed by atoms with Crippen LogP contribution in [-0.4, -0.2) is 173 Å². The Hall–Kier alpha value is -4.95. The molecule has 80 heavy (non-hydrogen) atoms. The first kappa shape index (κ1) is 58.3. The molecule has 0 unspecified atom stereocenters. The maximum absolute atomic E-state index is 14.5. The van der Waals surface area contributed by atoms with Gasteiger partial charge in [-0.15, -0.1) is 0 Å². The van der Waals surface area contributed by atoms with E-state index in [9.17, 15) is 26.7 Å². The van der Waals surface area contributed by atoms with Crippen LogP contribution in [0.15, 0.2) is 64.4 Å². The lowest BCUT2D eigenvalue weighted by Crippen LogP contribution is -2.40. The Labute approximate surface area is 469 Å². The molecule has 0 atom stereocenters. The third kappa shape index (κ3) is 13.6. The number of carbonyl (C=O) groups is 1. The molecular weight excluding hydrogens is 1070 g/mol. The molecule has 3 N–H and O–H groups in total.